The summed E-state index contributed by atoms with van der Waals surface area (Å²) in [6.07, 6.45) is 1.40. The van der Waals surface area contributed by atoms with Crippen molar-refractivity contribution in [3.8, 4) is 0 Å². The van der Waals surface area contributed by atoms with Crippen LogP contribution in [-0.4, -0.2) is 23.8 Å². The highest BCUT2D eigenvalue weighted by molar-refractivity contribution is 6.34. The molecule has 0 spiro atoms. The quantitative estimate of drug-likeness (QED) is 0.799. The zero-order chi connectivity index (χ0) is 16.8. The van der Waals surface area contributed by atoms with Crippen molar-refractivity contribution in [3.63, 3.8) is 0 Å². The molecule has 0 aromatic heterocycles. The molecule has 1 fully saturated rings. The Morgan fingerprint density at radius 3 is 1.88 bits per heavy atom. The molecule has 24 heavy (non-hydrogen) atoms. The van der Waals surface area contributed by atoms with Crippen LogP contribution in [0.25, 0.3) is 0 Å². The molecule has 1 atom stereocenters. The average Bonchev–Trinajstić information content (AvgIpc) is 3.06. The maximum atomic E-state index is 12.5. The number of anilines is 2. The van der Waals surface area contributed by atoms with Gasteiger partial charge in [0, 0.05) is 18.2 Å². The van der Waals surface area contributed by atoms with E-state index < -0.39 is 0 Å². The van der Waals surface area contributed by atoms with Gasteiger partial charge in [0.1, 0.15) is 0 Å². The highest BCUT2D eigenvalue weighted by Crippen LogP contribution is 2.31. The Balaban J connectivity index is 1.66. The van der Waals surface area contributed by atoms with E-state index in [0.717, 1.165) is 12.1 Å². The first kappa shape index (κ1) is 14.6. The molecule has 0 saturated carbocycles. The summed E-state index contributed by atoms with van der Waals surface area (Å²) in [5.74, 6) is -0.515. The van der Waals surface area contributed by atoms with Gasteiger partial charge in [0.05, 0.1) is 16.8 Å². The van der Waals surface area contributed by atoms with Crippen molar-refractivity contribution >= 4 is 29.1 Å². The summed E-state index contributed by atoms with van der Waals surface area (Å²) in [6.45, 7) is 2.02. The fraction of sp³-hybridized carbons (Fsp3) is 0.211. The van der Waals surface area contributed by atoms with Crippen molar-refractivity contribution in [1.82, 2.24) is 0 Å². The normalized spacial score (nSPS) is 20.0. The number of hydrogen-bond acceptors (Lipinski definition) is 3. The van der Waals surface area contributed by atoms with Gasteiger partial charge in [-0.15, -0.1) is 0 Å². The van der Waals surface area contributed by atoms with E-state index >= 15 is 0 Å². The van der Waals surface area contributed by atoms with Crippen LogP contribution < -0.4 is 9.80 Å². The molecule has 2 aliphatic rings. The maximum Gasteiger partial charge on any atom is 0.266 e. The lowest BCUT2D eigenvalue weighted by atomic mass is 10.1. The number of carbonyl (C=O) groups excluding carboxylic acids is 3. The second kappa shape index (κ2) is 5.30. The summed E-state index contributed by atoms with van der Waals surface area (Å²) in [6, 6.07) is 14.0. The van der Waals surface area contributed by atoms with Crippen LogP contribution in [0.2, 0.25) is 0 Å². The molecule has 2 aromatic rings. The maximum absolute atomic E-state index is 12.5. The van der Waals surface area contributed by atoms with Gasteiger partial charge in [0.2, 0.25) is 5.91 Å². The van der Waals surface area contributed by atoms with E-state index in [4.69, 9.17) is 0 Å². The smallest absolute Gasteiger partial charge is 0.266 e. The largest absolute Gasteiger partial charge is 0.310 e. The minimum absolute atomic E-state index is 0.107. The van der Waals surface area contributed by atoms with Gasteiger partial charge in [-0.05, 0) is 49.7 Å². The van der Waals surface area contributed by atoms with E-state index in [-0.39, 0.29) is 23.8 Å². The molecule has 1 unspecified atom stereocenters. The third kappa shape index (κ3) is 2.05. The van der Waals surface area contributed by atoms with Gasteiger partial charge >= 0.3 is 0 Å². The number of imide groups is 1. The first-order chi connectivity index (χ1) is 11.6. The van der Waals surface area contributed by atoms with Crippen LogP contribution in [0.3, 0.4) is 0 Å². The summed E-state index contributed by atoms with van der Waals surface area (Å²) in [4.78, 5) is 39.9. The molecule has 2 aliphatic heterocycles. The summed E-state index contributed by atoms with van der Waals surface area (Å²) in [7, 11) is 0. The second-order valence-corrected chi connectivity index (χ2v) is 6.16. The molecule has 0 N–H and O–H groups in total. The predicted octanol–water partition coefficient (Wildman–Crippen LogP) is 3.00. The molecule has 4 rings (SSSR count). The van der Waals surface area contributed by atoms with Crippen LogP contribution in [-0.2, 0) is 4.79 Å². The van der Waals surface area contributed by atoms with Gasteiger partial charge < -0.3 is 4.90 Å². The lowest BCUT2D eigenvalue weighted by Gasteiger charge is -2.22. The number of carbonyl (C=O) groups is 3. The molecular weight excluding hydrogens is 304 g/mol. The van der Waals surface area contributed by atoms with Gasteiger partial charge in [-0.2, -0.15) is 0 Å². The lowest BCUT2D eigenvalue weighted by molar-refractivity contribution is -0.117. The third-order valence-corrected chi connectivity index (χ3v) is 4.67. The van der Waals surface area contributed by atoms with E-state index in [0.29, 0.717) is 23.2 Å². The Labute approximate surface area is 139 Å². The number of rotatable bonds is 2. The van der Waals surface area contributed by atoms with E-state index in [2.05, 4.69) is 0 Å². The molecule has 2 aromatic carbocycles. The minimum atomic E-state index is -0.311. The van der Waals surface area contributed by atoms with Crippen LogP contribution in [0.5, 0.6) is 0 Å². The van der Waals surface area contributed by atoms with E-state index in [1.807, 2.05) is 6.92 Å². The molecule has 5 nitrogen and oxygen atoms in total. The van der Waals surface area contributed by atoms with Gasteiger partial charge in [-0.25, -0.2) is 4.90 Å². The first-order valence-electron chi connectivity index (χ1n) is 7.98. The predicted molar refractivity (Wildman–Crippen MR) is 90.2 cm³/mol. The summed E-state index contributed by atoms with van der Waals surface area (Å²) >= 11 is 0. The highest BCUT2D eigenvalue weighted by Gasteiger charge is 2.36. The van der Waals surface area contributed by atoms with Gasteiger partial charge in [0.15, 0.2) is 0 Å². The lowest BCUT2D eigenvalue weighted by Crippen LogP contribution is -2.31. The number of fused-ring (bicyclic) bond motifs is 1. The summed E-state index contributed by atoms with van der Waals surface area (Å²) in [5, 5.41) is 0. The monoisotopic (exact) mass is 320 g/mol. The molecule has 0 bridgehead atoms. The standard InChI is InChI=1S/C19H16N2O3/c1-12-6-11-17(22)20(12)13-7-9-14(10-8-13)21-18(23)15-4-2-3-5-16(15)19(21)24/h2-5,7-10,12H,6,11H2,1H3. The number of benzene rings is 2. The molecule has 1 saturated heterocycles. The molecular formula is C19H16N2O3. The Morgan fingerprint density at radius 2 is 1.38 bits per heavy atom. The molecule has 2 heterocycles. The van der Waals surface area contributed by atoms with Crippen molar-refractivity contribution in [2.45, 2.75) is 25.8 Å². The molecule has 3 amide bonds. The number of hydrogen-bond donors (Lipinski definition) is 0. The number of nitrogens with zero attached hydrogens (tertiary/aromatic N) is 2. The molecule has 0 radical (unpaired) electrons. The van der Waals surface area contributed by atoms with Crippen LogP contribution in [0.1, 0.15) is 40.5 Å². The van der Waals surface area contributed by atoms with Gasteiger partial charge in [-0.3, -0.25) is 14.4 Å². The van der Waals surface area contributed by atoms with E-state index in [1.54, 1.807) is 53.4 Å². The zero-order valence-electron chi connectivity index (χ0n) is 13.2. The van der Waals surface area contributed by atoms with Crippen molar-refractivity contribution in [2.75, 3.05) is 9.80 Å². The Bertz CT molecular complexity index is 822. The number of amides is 3. The minimum Gasteiger partial charge on any atom is -0.310 e. The highest BCUT2D eigenvalue weighted by atomic mass is 16.2. The van der Waals surface area contributed by atoms with Crippen molar-refractivity contribution in [3.05, 3.63) is 59.7 Å². The molecule has 5 heteroatoms. The SMILES string of the molecule is CC1CCC(=O)N1c1ccc(N2C(=O)c3ccccc3C2=O)cc1. The van der Waals surface area contributed by atoms with E-state index in [1.165, 1.54) is 4.90 Å². The summed E-state index contributed by atoms with van der Waals surface area (Å²) < 4.78 is 0. The van der Waals surface area contributed by atoms with Crippen molar-refractivity contribution in [2.24, 2.45) is 0 Å². The van der Waals surface area contributed by atoms with Crippen LogP contribution in [0.15, 0.2) is 48.5 Å². The average molecular weight is 320 g/mol. The third-order valence-electron chi connectivity index (χ3n) is 4.67. The van der Waals surface area contributed by atoms with E-state index in [9.17, 15) is 14.4 Å². The van der Waals surface area contributed by atoms with Crippen LogP contribution in [0, 0.1) is 0 Å². The Hall–Kier alpha value is -2.95. The van der Waals surface area contributed by atoms with Crippen molar-refractivity contribution < 1.29 is 14.4 Å². The fourth-order valence-corrected chi connectivity index (χ4v) is 3.41. The second-order valence-electron chi connectivity index (χ2n) is 6.16. The van der Waals surface area contributed by atoms with Gasteiger partial charge in [-0.1, -0.05) is 12.1 Å². The summed E-state index contributed by atoms with van der Waals surface area (Å²) in [5.41, 5.74) is 2.17. The topological polar surface area (TPSA) is 57.7 Å². The van der Waals surface area contributed by atoms with Crippen LogP contribution >= 0.6 is 0 Å². The Morgan fingerprint density at radius 1 is 0.833 bits per heavy atom. The Kier molecular flexibility index (Phi) is 3.23. The zero-order valence-corrected chi connectivity index (χ0v) is 13.2. The van der Waals surface area contributed by atoms with Crippen molar-refractivity contribution in [1.29, 1.82) is 0 Å². The fourth-order valence-electron chi connectivity index (χ4n) is 3.41. The molecule has 120 valence electrons. The van der Waals surface area contributed by atoms with Gasteiger partial charge in [0.25, 0.3) is 11.8 Å². The first-order valence-corrected chi connectivity index (χ1v) is 7.98. The molecule has 0 aliphatic carbocycles. The van der Waals surface area contributed by atoms with Crippen LogP contribution in [0.4, 0.5) is 11.4 Å².